The molecule has 0 saturated heterocycles. The first-order chi connectivity index (χ1) is 8.12. The van der Waals surface area contributed by atoms with Gasteiger partial charge in [-0.15, -0.1) is 0 Å². The number of carbonyl (C=O) groups excluding carboxylic acids is 1. The Labute approximate surface area is 101 Å². The van der Waals surface area contributed by atoms with Gasteiger partial charge in [0.25, 0.3) is 0 Å². The van der Waals surface area contributed by atoms with Crippen molar-refractivity contribution in [2.75, 3.05) is 6.54 Å². The zero-order valence-corrected chi connectivity index (χ0v) is 10.00. The second kappa shape index (κ2) is 5.04. The molecule has 3 N–H and O–H groups in total. The van der Waals surface area contributed by atoms with Gasteiger partial charge in [-0.1, -0.05) is 19.3 Å². The fraction of sp³-hybridized carbons (Fsp3) is 0.833. The van der Waals surface area contributed by atoms with Crippen LogP contribution < -0.4 is 10.6 Å². The number of rotatable bonds is 5. The topological polar surface area (TPSA) is 78.4 Å². The van der Waals surface area contributed by atoms with Gasteiger partial charge in [-0.05, 0) is 25.7 Å². The van der Waals surface area contributed by atoms with Crippen LogP contribution in [0.5, 0.6) is 0 Å². The van der Waals surface area contributed by atoms with E-state index in [1.165, 1.54) is 0 Å². The van der Waals surface area contributed by atoms with E-state index in [9.17, 15) is 14.7 Å². The summed E-state index contributed by atoms with van der Waals surface area (Å²) >= 11 is 0. The van der Waals surface area contributed by atoms with Crippen LogP contribution in [0.4, 0.5) is 0 Å². The van der Waals surface area contributed by atoms with Crippen molar-refractivity contribution in [1.29, 1.82) is 0 Å². The van der Waals surface area contributed by atoms with Crippen LogP contribution in [0.3, 0.4) is 0 Å². The molecule has 2 fully saturated rings. The van der Waals surface area contributed by atoms with Gasteiger partial charge in [0.15, 0.2) is 0 Å². The summed E-state index contributed by atoms with van der Waals surface area (Å²) < 4.78 is 0. The SMILES string of the molecule is O=C(CNC1(C(=O)O)CCCCC1)NC1CC1. The summed E-state index contributed by atoms with van der Waals surface area (Å²) in [7, 11) is 0. The average molecular weight is 240 g/mol. The Kier molecular flexibility index (Phi) is 3.66. The highest BCUT2D eigenvalue weighted by atomic mass is 16.4. The van der Waals surface area contributed by atoms with Crippen LogP contribution in [0.2, 0.25) is 0 Å². The molecule has 96 valence electrons. The fourth-order valence-corrected chi connectivity index (χ4v) is 2.38. The first kappa shape index (κ1) is 12.4. The largest absolute Gasteiger partial charge is 0.480 e. The lowest BCUT2D eigenvalue weighted by Crippen LogP contribution is -2.55. The van der Waals surface area contributed by atoms with Crippen LogP contribution in [0, 0.1) is 0 Å². The Hall–Kier alpha value is -1.10. The van der Waals surface area contributed by atoms with Gasteiger partial charge in [0.05, 0.1) is 6.54 Å². The lowest BCUT2D eigenvalue weighted by molar-refractivity contribution is -0.146. The molecule has 17 heavy (non-hydrogen) atoms. The number of nitrogens with one attached hydrogen (secondary N) is 2. The molecule has 0 aromatic rings. The molecule has 2 rings (SSSR count). The predicted molar refractivity (Wildman–Crippen MR) is 62.6 cm³/mol. The van der Waals surface area contributed by atoms with Gasteiger partial charge in [-0.25, -0.2) is 0 Å². The highest BCUT2D eigenvalue weighted by molar-refractivity contribution is 5.82. The number of aliphatic carboxylic acids is 1. The Morgan fingerprint density at radius 2 is 1.82 bits per heavy atom. The molecule has 0 unspecified atom stereocenters. The van der Waals surface area contributed by atoms with Crippen molar-refractivity contribution in [3.8, 4) is 0 Å². The maximum Gasteiger partial charge on any atom is 0.323 e. The van der Waals surface area contributed by atoms with Crippen molar-refractivity contribution in [2.24, 2.45) is 0 Å². The number of carboxylic acid groups (broad SMARTS) is 1. The van der Waals surface area contributed by atoms with E-state index >= 15 is 0 Å². The van der Waals surface area contributed by atoms with E-state index in [1.807, 2.05) is 0 Å². The maximum atomic E-state index is 11.5. The molecule has 0 heterocycles. The summed E-state index contributed by atoms with van der Waals surface area (Å²) in [5.74, 6) is -0.907. The molecule has 2 aliphatic carbocycles. The first-order valence-corrected chi connectivity index (χ1v) is 6.40. The van der Waals surface area contributed by atoms with Crippen molar-refractivity contribution in [1.82, 2.24) is 10.6 Å². The lowest BCUT2D eigenvalue weighted by atomic mass is 9.81. The zero-order valence-electron chi connectivity index (χ0n) is 10.00. The molecule has 2 aliphatic rings. The molecule has 0 bridgehead atoms. The third-order valence-electron chi connectivity index (χ3n) is 3.65. The standard InChI is InChI=1S/C12H20N2O3/c15-10(14-9-4-5-9)8-13-12(11(16)17)6-2-1-3-7-12/h9,13H,1-8H2,(H,14,15)(H,16,17). The minimum atomic E-state index is -0.876. The van der Waals surface area contributed by atoms with Gasteiger partial charge < -0.3 is 10.4 Å². The van der Waals surface area contributed by atoms with E-state index in [2.05, 4.69) is 10.6 Å². The Morgan fingerprint density at radius 3 is 2.35 bits per heavy atom. The number of hydrogen-bond acceptors (Lipinski definition) is 3. The molecule has 1 amide bonds. The lowest BCUT2D eigenvalue weighted by Gasteiger charge is -2.33. The minimum Gasteiger partial charge on any atom is -0.480 e. The quantitative estimate of drug-likeness (QED) is 0.659. The highest BCUT2D eigenvalue weighted by Crippen LogP contribution is 2.28. The number of carboxylic acids is 1. The second-order valence-electron chi connectivity index (χ2n) is 5.14. The van der Waals surface area contributed by atoms with Gasteiger partial charge in [-0.3, -0.25) is 14.9 Å². The summed E-state index contributed by atoms with van der Waals surface area (Å²) in [6.07, 6.45) is 6.28. The molecule has 0 atom stereocenters. The molecular formula is C12H20N2O3. The molecule has 2 saturated carbocycles. The third kappa shape index (κ3) is 3.19. The summed E-state index contributed by atoms with van der Waals surface area (Å²) in [5, 5.41) is 15.1. The molecule has 0 aromatic heterocycles. The van der Waals surface area contributed by atoms with Crippen LogP contribution in [0.1, 0.15) is 44.9 Å². The predicted octanol–water partition coefficient (Wildman–Crippen LogP) is 0.642. The van der Waals surface area contributed by atoms with Gasteiger partial charge >= 0.3 is 5.97 Å². The smallest absolute Gasteiger partial charge is 0.323 e. The monoisotopic (exact) mass is 240 g/mol. The zero-order chi connectivity index (χ0) is 12.3. The van der Waals surface area contributed by atoms with Crippen LogP contribution in [-0.2, 0) is 9.59 Å². The van der Waals surface area contributed by atoms with E-state index < -0.39 is 11.5 Å². The maximum absolute atomic E-state index is 11.5. The Balaban J connectivity index is 1.83. The van der Waals surface area contributed by atoms with Gasteiger partial charge in [-0.2, -0.15) is 0 Å². The molecule has 0 aliphatic heterocycles. The molecular weight excluding hydrogens is 220 g/mol. The normalized spacial score (nSPS) is 23.1. The summed E-state index contributed by atoms with van der Waals surface area (Å²) in [6.45, 7) is 0.114. The molecule has 0 spiro atoms. The van der Waals surface area contributed by atoms with Gasteiger partial charge in [0.1, 0.15) is 5.54 Å². The number of hydrogen-bond donors (Lipinski definition) is 3. The highest BCUT2D eigenvalue weighted by Gasteiger charge is 2.39. The van der Waals surface area contributed by atoms with Crippen LogP contribution in [-0.4, -0.2) is 35.1 Å². The third-order valence-corrected chi connectivity index (χ3v) is 3.65. The average Bonchev–Trinajstić information content (AvgIpc) is 3.11. The second-order valence-corrected chi connectivity index (χ2v) is 5.14. The van der Waals surface area contributed by atoms with Crippen LogP contribution >= 0.6 is 0 Å². The van der Waals surface area contributed by atoms with E-state index in [-0.39, 0.29) is 12.5 Å². The van der Waals surface area contributed by atoms with E-state index in [0.29, 0.717) is 18.9 Å². The van der Waals surface area contributed by atoms with E-state index in [0.717, 1.165) is 32.1 Å². The first-order valence-electron chi connectivity index (χ1n) is 6.40. The summed E-state index contributed by atoms with van der Waals surface area (Å²) in [5.41, 5.74) is -0.876. The number of amides is 1. The van der Waals surface area contributed by atoms with Crippen molar-refractivity contribution in [3.63, 3.8) is 0 Å². The number of carbonyl (C=O) groups is 2. The van der Waals surface area contributed by atoms with E-state index in [1.54, 1.807) is 0 Å². The molecule has 0 aromatic carbocycles. The van der Waals surface area contributed by atoms with Crippen molar-refractivity contribution in [3.05, 3.63) is 0 Å². The Bertz CT molecular complexity index is 307. The molecule has 0 radical (unpaired) electrons. The van der Waals surface area contributed by atoms with Crippen LogP contribution in [0.25, 0.3) is 0 Å². The fourth-order valence-electron chi connectivity index (χ4n) is 2.38. The van der Waals surface area contributed by atoms with Crippen LogP contribution in [0.15, 0.2) is 0 Å². The van der Waals surface area contributed by atoms with Gasteiger partial charge in [0, 0.05) is 6.04 Å². The summed E-state index contributed by atoms with van der Waals surface area (Å²) in [4.78, 5) is 22.9. The van der Waals surface area contributed by atoms with Crippen molar-refractivity contribution >= 4 is 11.9 Å². The summed E-state index contributed by atoms with van der Waals surface area (Å²) in [6, 6.07) is 0.330. The van der Waals surface area contributed by atoms with Crippen molar-refractivity contribution in [2.45, 2.75) is 56.5 Å². The molecule has 5 heteroatoms. The van der Waals surface area contributed by atoms with E-state index in [4.69, 9.17) is 0 Å². The van der Waals surface area contributed by atoms with Gasteiger partial charge in [0.2, 0.25) is 5.91 Å². The Morgan fingerprint density at radius 1 is 1.18 bits per heavy atom. The van der Waals surface area contributed by atoms with Crippen molar-refractivity contribution < 1.29 is 14.7 Å². The molecule has 5 nitrogen and oxygen atoms in total. The minimum absolute atomic E-state index is 0.0845.